The summed E-state index contributed by atoms with van der Waals surface area (Å²) in [7, 11) is 0. The molecule has 0 aliphatic rings. The standard InChI is InChI=1S/C11H8ClFN4S/c1-4-7(10(14)18-17-4)11-15-6-3-2-5(12)8(13)9(6)16-11/h2-3H,14H2,1H3,(H,15,16). The Hall–Kier alpha value is -1.66. The van der Waals surface area contributed by atoms with Crippen LogP contribution < -0.4 is 5.73 Å². The van der Waals surface area contributed by atoms with Gasteiger partial charge in [-0.25, -0.2) is 9.37 Å². The summed E-state index contributed by atoms with van der Waals surface area (Å²) in [6, 6.07) is 3.17. The number of nitrogens with zero attached hydrogens (tertiary/aromatic N) is 2. The molecule has 2 aromatic heterocycles. The summed E-state index contributed by atoms with van der Waals surface area (Å²) in [6.07, 6.45) is 0. The highest BCUT2D eigenvalue weighted by Gasteiger charge is 2.16. The average Bonchev–Trinajstić information content (AvgIpc) is 2.88. The lowest BCUT2D eigenvalue weighted by Gasteiger charge is -1.94. The van der Waals surface area contributed by atoms with E-state index in [1.807, 2.05) is 6.92 Å². The van der Waals surface area contributed by atoms with E-state index in [4.69, 9.17) is 17.3 Å². The van der Waals surface area contributed by atoms with Crippen molar-refractivity contribution in [2.24, 2.45) is 0 Å². The molecule has 1 aromatic carbocycles. The number of halogens is 2. The van der Waals surface area contributed by atoms with Crippen LogP contribution in [0.4, 0.5) is 9.39 Å². The molecule has 4 nitrogen and oxygen atoms in total. The number of anilines is 1. The van der Waals surface area contributed by atoms with Gasteiger partial charge >= 0.3 is 0 Å². The number of hydrogen-bond donors (Lipinski definition) is 2. The van der Waals surface area contributed by atoms with Crippen molar-refractivity contribution < 1.29 is 4.39 Å². The molecule has 0 fully saturated rings. The Balaban J connectivity index is 2.29. The summed E-state index contributed by atoms with van der Waals surface area (Å²) in [5.74, 6) is -0.0222. The zero-order valence-electron chi connectivity index (χ0n) is 9.29. The van der Waals surface area contributed by atoms with Gasteiger partial charge in [-0.1, -0.05) is 11.6 Å². The van der Waals surface area contributed by atoms with E-state index >= 15 is 0 Å². The predicted molar refractivity (Wildman–Crippen MR) is 71.3 cm³/mol. The first-order valence-electron chi connectivity index (χ1n) is 5.13. The van der Waals surface area contributed by atoms with E-state index in [0.29, 0.717) is 21.9 Å². The van der Waals surface area contributed by atoms with Gasteiger partial charge in [-0.2, -0.15) is 4.37 Å². The van der Waals surface area contributed by atoms with Crippen molar-refractivity contribution in [3.05, 3.63) is 28.7 Å². The summed E-state index contributed by atoms with van der Waals surface area (Å²) in [4.78, 5) is 7.23. The number of nitrogen functional groups attached to an aromatic ring is 1. The fourth-order valence-electron chi connectivity index (χ4n) is 1.81. The molecule has 0 unspecified atom stereocenters. The maximum absolute atomic E-state index is 13.8. The van der Waals surface area contributed by atoms with Gasteiger partial charge in [0.1, 0.15) is 16.3 Å². The van der Waals surface area contributed by atoms with Gasteiger partial charge in [0, 0.05) is 0 Å². The van der Waals surface area contributed by atoms with Crippen LogP contribution in [0.2, 0.25) is 5.02 Å². The quantitative estimate of drug-likeness (QED) is 0.719. The van der Waals surface area contributed by atoms with E-state index in [0.717, 1.165) is 5.69 Å². The number of fused-ring (bicyclic) bond motifs is 1. The van der Waals surface area contributed by atoms with Crippen molar-refractivity contribution in [1.82, 2.24) is 14.3 Å². The van der Waals surface area contributed by atoms with E-state index in [2.05, 4.69) is 14.3 Å². The minimum atomic E-state index is -0.531. The summed E-state index contributed by atoms with van der Waals surface area (Å²) in [5, 5.41) is 0.603. The molecule has 7 heteroatoms. The molecule has 2 heterocycles. The molecule has 0 radical (unpaired) electrons. The minimum Gasteiger partial charge on any atom is -0.389 e. The first-order chi connectivity index (χ1) is 8.58. The van der Waals surface area contributed by atoms with Crippen LogP contribution in [0.3, 0.4) is 0 Å². The third kappa shape index (κ3) is 1.57. The Morgan fingerprint density at radius 3 is 2.89 bits per heavy atom. The fraction of sp³-hybridized carbons (Fsp3) is 0.0909. The number of hydrogen-bond acceptors (Lipinski definition) is 4. The number of nitrogens with one attached hydrogen (secondary N) is 1. The molecule has 0 saturated heterocycles. The van der Waals surface area contributed by atoms with Gasteiger partial charge in [-0.15, -0.1) is 0 Å². The maximum atomic E-state index is 13.8. The number of rotatable bonds is 1. The molecule has 0 bridgehead atoms. The van der Waals surface area contributed by atoms with Crippen molar-refractivity contribution in [2.45, 2.75) is 6.92 Å². The highest BCUT2D eigenvalue weighted by Crippen LogP contribution is 2.32. The molecule has 3 rings (SSSR count). The van der Waals surface area contributed by atoms with Gasteiger partial charge in [0.25, 0.3) is 0 Å². The highest BCUT2D eigenvalue weighted by molar-refractivity contribution is 7.10. The summed E-state index contributed by atoms with van der Waals surface area (Å²) < 4.78 is 17.9. The molecule has 0 aliphatic carbocycles. The molecule has 0 amide bonds. The van der Waals surface area contributed by atoms with Crippen LogP contribution in [0.5, 0.6) is 0 Å². The number of aryl methyl sites for hydroxylation is 1. The first kappa shape index (κ1) is 11.4. The zero-order chi connectivity index (χ0) is 12.9. The van der Waals surface area contributed by atoms with Crippen LogP contribution in [-0.4, -0.2) is 14.3 Å². The lowest BCUT2D eigenvalue weighted by atomic mass is 10.2. The van der Waals surface area contributed by atoms with Crippen LogP contribution in [0.25, 0.3) is 22.4 Å². The number of imidazole rings is 1. The Morgan fingerprint density at radius 1 is 1.44 bits per heavy atom. The highest BCUT2D eigenvalue weighted by atomic mass is 35.5. The van der Waals surface area contributed by atoms with E-state index in [-0.39, 0.29) is 10.5 Å². The number of H-pyrrole nitrogens is 1. The third-order valence-corrected chi connectivity index (χ3v) is 3.73. The summed E-state index contributed by atoms with van der Waals surface area (Å²) >= 11 is 6.91. The van der Waals surface area contributed by atoms with Crippen LogP contribution in [0.1, 0.15) is 5.69 Å². The van der Waals surface area contributed by atoms with E-state index in [9.17, 15) is 4.39 Å². The number of aromatic amines is 1. The lowest BCUT2D eigenvalue weighted by molar-refractivity contribution is 0.638. The minimum absolute atomic E-state index is 0.0497. The molecule has 3 aromatic rings. The van der Waals surface area contributed by atoms with Gasteiger partial charge in [-0.05, 0) is 30.6 Å². The second-order valence-electron chi connectivity index (χ2n) is 3.85. The topological polar surface area (TPSA) is 67.6 Å². The fourth-order valence-corrected chi connectivity index (χ4v) is 2.63. The summed E-state index contributed by atoms with van der Waals surface area (Å²) in [6.45, 7) is 1.83. The third-order valence-electron chi connectivity index (χ3n) is 2.67. The molecule has 0 aliphatic heterocycles. The SMILES string of the molecule is Cc1nsc(N)c1-c1nc2c(F)c(Cl)ccc2[nH]1. The Bertz CT molecular complexity index is 729. The molecule has 0 spiro atoms. The molecular formula is C11H8ClFN4S. The number of benzene rings is 1. The van der Waals surface area contributed by atoms with Crippen molar-refractivity contribution in [1.29, 1.82) is 0 Å². The van der Waals surface area contributed by atoms with E-state index in [1.54, 1.807) is 6.07 Å². The molecule has 0 atom stereocenters. The van der Waals surface area contributed by atoms with Crippen molar-refractivity contribution in [3.63, 3.8) is 0 Å². The van der Waals surface area contributed by atoms with Gasteiger partial charge in [0.2, 0.25) is 0 Å². The summed E-state index contributed by atoms with van der Waals surface area (Å²) in [5.41, 5.74) is 8.11. The second kappa shape index (κ2) is 3.93. The van der Waals surface area contributed by atoms with Crippen molar-refractivity contribution >= 4 is 39.2 Å². The monoisotopic (exact) mass is 282 g/mol. The average molecular weight is 283 g/mol. The molecule has 18 heavy (non-hydrogen) atoms. The van der Waals surface area contributed by atoms with Crippen LogP contribution in [0, 0.1) is 12.7 Å². The van der Waals surface area contributed by atoms with Crippen LogP contribution >= 0.6 is 23.1 Å². The number of aromatic nitrogens is 3. The van der Waals surface area contributed by atoms with E-state index in [1.165, 1.54) is 17.6 Å². The molecule has 3 N–H and O–H groups in total. The van der Waals surface area contributed by atoms with E-state index < -0.39 is 5.82 Å². The van der Waals surface area contributed by atoms with Crippen LogP contribution in [-0.2, 0) is 0 Å². The van der Waals surface area contributed by atoms with Crippen LogP contribution in [0.15, 0.2) is 12.1 Å². The smallest absolute Gasteiger partial charge is 0.169 e. The predicted octanol–water partition coefficient (Wildman–Crippen LogP) is 3.37. The number of nitrogens with two attached hydrogens (primary N) is 1. The second-order valence-corrected chi connectivity index (χ2v) is 5.06. The lowest BCUT2D eigenvalue weighted by Crippen LogP contribution is -1.87. The molecule has 92 valence electrons. The van der Waals surface area contributed by atoms with Gasteiger partial charge in [0.05, 0.1) is 21.8 Å². The van der Waals surface area contributed by atoms with Gasteiger partial charge in [0.15, 0.2) is 5.82 Å². The first-order valence-corrected chi connectivity index (χ1v) is 6.29. The van der Waals surface area contributed by atoms with Crippen molar-refractivity contribution in [2.75, 3.05) is 5.73 Å². The normalized spacial score (nSPS) is 11.3. The maximum Gasteiger partial charge on any atom is 0.169 e. The largest absolute Gasteiger partial charge is 0.389 e. The van der Waals surface area contributed by atoms with Crippen molar-refractivity contribution in [3.8, 4) is 11.4 Å². The zero-order valence-corrected chi connectivity index (χ0v) is 10.9. The Labute approximate surface area is 111 Å². The van der Waals surface area contributed by atoms with Gasteiger partial charge < -0.3 is 10.7 Å². The van der Waals surface area contributed by atoms with Gasteiger partial charge in [-0.3, -0.25) is 0 Å². The Morgan fingerprint density at radius 2 is 2.22 bits per heavy atom. The molecular weight excluding hydrogens is 275 g/mol. The molecule has 0 saturated carbocycles. The Kier molecular flexibility index (Phi) is 2.49.